The number of benzene rings is 2. The molecule has 0 aliphatic carbocycles. The number of hydrogen-bond donors (Lipinski definition) is 1. The standard InChI is InChI=1S/C20H21BrN4O3S/c1-3-27-16-10-6-15(7-11-16)25-18(12-28-17-8-4-14(21)5-9-17)23-24-20(25)29-13-19(26)22-2/h4-11H,3,12-13H2,1-2H3,(H,22,26). The zero-order valence-corrected chi connectivity index (χ0v) is 18.5. The highest BCUT2D eigenvalue weighted by Gasteiger charge is 2.16. The Morgan fingerprint density at radius 1 is 1.07 bits per heavy atom. The third kappa shape index (κ3) is 5.74. The molecule has 0 radical (unpaired) electrons. The Hall–Kier alpha value is -2.52. The van der Waals surface area contributed by atoms with Crippen LogP contribution in [0.2, 0.25) is 0 Å². The van der Waals surface area contributed by atoms with Gasteiger partial charge in [0.25, 0.3) is 0 Å². The van der Waals surface area contributed by atoms with Gasteiger partial charge in [-0.1, -0.05) is 27.7 Å². The average molecular weight is 477 g/mol. The van der Waals surface area contributed by atoms with E-state index >= 15 is 0 Å². The van der Waals surface area contributed by atoms with Crippen LogP contribution in [0, 0.1) is 0 Å². The van der Waals surface area contributed by atoms with Crippen LogP contribution < -0.4 is 14.8 Å². The molecule has 1 aromatic heterocycles. The number of aromatic nitrogens is 3. The summed E-state index contributed by atoms with van der Waals surface area (Å²) in [5.74, 6) is 2.32. The summed E-state index contributed by atoms with van der Waals surface area (Å²) >= 11 is 4.73. The van der Waals surface area contributed by atoms with Crippen molar-refractivity contribution >= 4 is 33.6 Å². The zero-order valence-electron chi connectivity index (χ0n) is 16.1. The van der Waals surface area contributed by atoms with Crippen molar-refractivity contribution in [1.82, 2.24) is 20.1 Å². The number of amides is 1. The highest BCUT2D eigenvalue weighted by Crippen LogP contribution is 2.25. The van der Waals surface area contributed by atoms with Crippen LogP contribution in [0.1, 0.15) is 12.7 Å². The topological polar surface area (TPSA) is 78.3 Å². The smallest absolute Gasteiger partial charge is 0.230 e. The lowest BCUT2D eigenvalue weighted by Gasteiger charge is -2.12. The van der Waals surface area contributed by atoms with E-state index in [2.05, 4.69) is 31.4 Å². The van der Waals surface area contributed by atoms with Crippen LogP contribution in [-0.4, -0.2) is 40.1 Å². The molecular formula is C20H21BrN4O3S. The molecule has 152 valence electrons. The summed E-state index contributed by atoms with van der Waals surface area (Å²) in [5.41, 5.74) is 0.868. The zero-order chi connectivity index (χ0) is 20.6. The molecule has 1 N–H and O–H groups in total. The molecule has 7 nitrogen and oxygen atoms in total. The van der Waals surface area contributed by atoms with Gasteiger partial charge in [-0.2, -0.15) is 0 Å². The number of carbonyl (C=O) groups excluding carboxylic acids is 1. The molecule has 0 atom stereocenters. The van der Waals surface area contributed by atoms with E-state index in [9.17, 15) is 4.79 Å². The van der Waals surface area contributed by atoms with E-state index in [0.717, 1.165) is 21.7 Å². The van der Waals surface area contributed by atoms with Crippen LogP contribution in [0.15, 0.2) is 58.2 Å². The minimum Gasteiger partial charge on any atom is -0.494 e. The van der Waals surface area contributed by atoms with Crippen molar-refractivity contribution in [2.24, 2.45) is 0 Å². The molecule has 3 aromatic rings. The molecule has 9 heteroatoms. The van der Waals surface area contributed by atoms with Crippen LogP contribution in [0.3, 0.4) is 0 Å². The minimum atomic E-state index is -0.0797. The summed E-state index contributed by atoms with van der Waals surface area (Å²) in [5, 5.41) is 11.8. The first-order chi connectivity index (χ1) is 14.1. The summed E-state index contributed by atoms with van der Waals surface area (Å²) in [7, 11) is 1.61. The Bertz CT molecular complexity index is 945. The fourth-order valence-electron chi connectivity index (χ4n) is 2.49. The van der Waals surface area contributed by atoms with Crippen LogP contribution in [-0.2, 0) is 11.4 Å². The molecular weight excluding hydrogens is 456 g/mol. The van der Waals surface area contributed by atoms with Crippen LogP contribution in [0.5, 0.6) is 11.5 Å². The quantitative estimate of drug-likeness (QED) is 0.472. The van der Waals surface area contributed by atoms with Gasteiger partial charge in [-0.25, -0.2) is 0 Å². The Balaban J connectivity index is 1.85. The largest absolute Gasteiger partial charge is 0.494 e. The molecule has 0 aliphatic heterocycles. The lowest BCUT2D eigenvalue weighted by Crippen LogP contribution is -2.20. The van der Waals surface area contributed by atoms with E-state index in [1.165, 1.54) is 11.8 Å². The lowest BCUT2D eigenvalue weighted by molar-refractivity contribution is -0.118. The van der Waals surface area contributed by atoms with Gasteiger partial charge in [-0.15, -0.1) is 10.2 Å². The lowest BCUT2D eigenvalue weighted by atomic mass is 10.3. The van der Waals surface area contributed by atoms with Gasteiger partial charge in [-0.3, -0.25) is 9.36 Å². The first-order valence-corrected chi connectivity index (χ1v) is 10.8. The maximum Gasteiger partial charge on any atom is 0.230 e. The molecule has 0 saturated heterocycles. The number of nitrogens with zero attached hydrogens (tertiary/aromatic N) is 3. The number of thioether (sulfide) groups is 1. The fourth-order valence-corrected chi connectivity index (χ4v) is 3.59. The van der Waals surface area contributed by atoms with Gasteiger partial charge in [0.1, 0.15) is 18.1 Å². The highest BCUT2D eigenvalue weighted by atomic mass is 79.9. The second-order valence-corrected chi connectivity index (χ2v) is 7.72. The molecule has 29 heavy (non-hydrogen) atoms. The van der Waals surface area contributed by atoms with Gasteiger partial charge in [0, 0.05) is 17.2 Å². The first kappa shape index (κ1) is 21.2. The van der Waals surface area contributed by atoms with Crippen molar-refractivity contribution in [2.75, 3.05) is 19.4 Å². The predicted molar refractivity (Wildman–Crippen MR) is 116 cm³/mol. The third-order valence-corrected chi connectivity index (χ3v) is 5.36. The molecule has 0 fully saturated rings. The molecule has 0 aliphatic rings. The van der Waals surface area contributed by atoms with Crippen LogP contribution in [0.4, 0.5) is 0 Å². The van der Waals surface area contributed by atoms with Gasteiger partial charge in [0.2, 0.25) is 5.91 Å². The van der Waals surface area contributed by atoms with E-state index in [4.69, 9.17) is 9.47 Å². The van der Waals surface area contributed by atoms with Crippen molar-refractivity contribution < 1.29 is 14.3 Å². The predicted octanol–water partition coefficient (Wildman–Crippen LogP) is 3.85. The maximum atomic E-state index is 11.7. The third-order valence-electron chi connectivity index (χ3n) is 3.90. The van der Waals surface area contributed by atoms with E-state index in [1.54, 1.807) is 7.05 Å². The van der Waals surface area contributed by atoms with Crippen LogP contribution >= 0.6 is 27.7 Å². The number of nitrogens with one attached hydrogen (secondary N) is 1. The molecule has 0 bridgehead atoms. The van der Waals surface area contributed by atoms with Gasteiger partial charge in [0.05, 0.1) is 12.4 Å². The fraction of sp³-hybridized carbons (Fsp3) is 0.250. The monoisotopic (exact) mass is 476 g/mol. The first-order valence-electron chi connectivity index (χ1n) is 9.00. The van der Waals surface area contributed by atoms with Crippen LogP contribution in [0.25, 0.3) is 5.69 Å². The van der Waals surface area contributed by atoms with Gasteiger partial charge in [0.15, 0.2) is 11.0 Å². The van der Waals surface area contributed by atoms with Gasteiger partial charge in [-0.05, 0) is 55.5 Å². The summed E-state index contributed by atoms with van der Waals surface area (Å²) in [6.07, 6.45) is 0. The van der Waals surface area contributed by atoms with Crippen molar-refractivity contribution in [3.05, 3.63) is 58.8 Å². The summed E-state index contributed by atoms with van der Waals surface area (Å²) in [6.45, 7) is 2.78. The Kier molecular flexibility index (Phi) is 7.54. The minimum absolute atomic E-state index is 0.0797. The van der Waals surface area contributed by atoms with Crippen molar-refractivity contribution in [3.63, 3.8) is 0 Å². The summed E-state index contributed by atoms with van der Waals surface area (Å²) in [4.78, 5) is 11.7. The number of hydrogen-bond acceptors (Lipinski definition) is 6. The molecule has 3 rings (SSSR count). The SMILES string of the molecule is CCOc1ccc(-n2c(COc3ccc(Br)cc3)nnc2SCC(=O)NC)cc1. The van der Waals surface area contributed by atoms with Gasteiger partial charge < -0.3 is 14.8 Å². The summed E-state index contributed by atoms with van der Waals surface area (Å²) in [6, 6.07) is 15.2. The second kappa shape index (κ2) is 10.3. The van der Waals surface area contributed by atoms with E-state index in [-0.39, 0.29) is 18.3 Å². The number of rotatable bonds is 9. The highest BCUT2D eigenvalue weighted by molar-refractivity contribution is 9.10. The van der Waals surface area contributed by atoms with Crippen molar-refractivity contribution in [3.8, 4) is 17.2 Å². The Morgan fingerprint density at radius 3 is 2.38 bits per heavy atom. The molecule has 2 aromatic carbocycles. The number of carbonyl (C=O) groups is 1. The van der Waals surface area contributed by atoms with E-state index < -0.39 is 0 Å². The van der Waals surface area contributed by atoms with Crippen molar-refractivity contribution in [1.29, 1.82) is 0 Å². The molecule has 1 amide bonds. The van der Waals surface area contributed by atoms with E-state index in [0.29, 0.717) is 17.6 Å². The molecule has 0 unspecified atom stereocenters. The van der Waals surface area contributed by atoms with Crippen molar-refractivity contribution in [2.45, 2.75) is 18.7 Å². The summed E-state index contributed by atoms with van der Waals surface area (Å²) < 4.78 is 14.3. The molecule has 0 spiro atoms. The maximum absolute atomic E-state index is 11.7. The Morgan fingerprint density at radius 2 is 1.72 bits per heavy atom. The number of ether oxygens (including phenoxy) is 2. The van der Waals surface area contributed by atoms with E-state index in [1.807, 2.05) is 60.0 Å². The number of halogens is 1. The molecule has 1 heterocycles. The van der Waals surface area contributed by atoms with Gasteiger partial charge >= 0.3 is 0 Å². The Labute approximate surface area is 181 Å². The average Bonchev–Trinajstić information content (AvgIpc) is 3.15. The second-order valence-electron chi connectivity index (χ2n) is 5.87. The molecule has 0 saturated carbocycles. The normalized spacial score (nSPS) is 10.6.